The Bertz CT molecular complexity index is 675. The summed E-state index contributed by atoms with van der Waals surface area (Å²) in [5.41, 5.74) is 1.80. The number of carbonyl (C=O) groups excluding carboxylic acids is 1. The van der Waals surface area contributed by atoms with Gasteiger partial charge in [0.15, 0.2) is 0 Å². The summed E-state index contributed by atoms with van der Waals surface area (Å²) < 4.78 is 5.41. The highest BCUT2D eigenvalue weighted by atomic mass is 16.5. The molecule has 2 fully saturated rings. The molecule has 2 aliphatic rings. The van der Waals surface area contributed by atoms with Gasteiger partial charge in [-0.15, -0.1) is 0 Å². The third-order valence-electron chi connectivity index (χ3n) is 4.81. The molecule has 1 unspecified atom stereocenters. The average molecular weight is 299 g/mol. The van der Waals surface area contributed by atoms with Gasteiger partial charge in [0.1, 0.15) is 0 Å². The van der Waals surface area contributed by atoms with Crippen LogP contribution in [-0.2, 0) is 4.74 Å². The van der Waals surface area contributed by atoms with E-state index in [0.29, 0.717) is 6.04 Å². The molecule has 1 N–H and O–H groups in total. The lowest BCUT2D eigenvalue weighted by atomic mass is 10.1. The monoisotopic (exact) mass is 299 g/mol. The normalized spacial score (nSPS) is 23.3. The highest BCUT2D eigenvalue weighted by Crippen LogP contribution is 2.21. The number of aromatic amines is 1. The number of fused-ring (bicyclic) bond motifs is 1. The fourth-order valence-corrected chi connectivity index (χ4v) is 3.53. The minimum absolute atomic E-state index is 0.146. The van der Waals surface area contributed by atoms with Crippen LogP contribution in [0.5, 0.6) is 0 Å². The molecule has 4 rings (SSSR count). The molecule has 5 heteroatoms. The van der Waals surface area contributed by atoms with Crippen molar-refractivity contribution in [2.75, 3.05) is 39.4 Å². The summed E-state index contributed by atoms with van der Waals surface area (Å²) in [5.74, 6) is 0.146. The van der Waals surface area contributed by atoms with Crippen LogP contribution in [0.2, 0.25) is 0 Å². The summed E-state index contributed by atoms with van der Waals surface area (Å²) in [6.45, 7) is 5.29. The van der Waals surface area contributed by atoms with Gasteiger partial charge in [0.2, 0.25) is 0 Å². The minimum Gasteiger partial charge on any atom is -0.379 e. The highest BCUT2D eigenvalue weighted by Gasteiger charge is 2.31. The standard InChI is InChI=1S/C17H21N3O2/c21-17(14-2-1-13-3-5-18-16(13)11-14)20-6-4-15(12-20)19-7-9-22-10-8-19/h1-3,5,11,15,18H,4,6-10,12H2. The lowest BCUT2D eigenvalue weighted by Gasteiger charge is -2.32. The van der Waals surface area contributed by atoms with E-state index in [1.54, 1.807) is 0 Å². The molecule has 1 amide bonds. The molecule has 5 nitrogen and oxygen atoms in total. The third kappa shape index (κ3) is 2.51. The van der Waals surface area contributed by atoms with Gasteiger partial charge in [0.05, 0.1) is 13.2 Å². The lowest BCUT2D eigenvalue weighted by molar-refractivity contribution is 0.0185. The molecule has 0 radical (unpaired) electrons. The van der Waals surface area contributed by atoms with Crippen LogP contribution in [0.15, 0.2) is 30.5 Å². The SMILES string of the molecule is O=C(c1ccc2cc[nH]c2c1)N1CCC(N2CCOCC2)C1. The fraction of sp³-hybridized carbons (Fsp3) is 0.471. The van der Waals surface area contributed by atoms with E-state index >= 15 is 0 Å². The molecule has 2 saturated heterocycles. The number of benzene rings is 1. The zero-order valence-corrected chi connectivity index (χ0v) is 12.6. The smallest absolute Gasteiger partial charge is 0.253 e. The second-order valence-corrected chi connectivity index (χ2v) is 6.12. The van der Waals surface area contributed by atoms with Crippen molar-refractivity contribution < 1.29 is 9.53 Å². The van der Waals surface area contributed by atoms with E-state index < -0.39 is 0 Å². The zero-order chi connectivity index (χ0) is 14.9. The number of H-pyrrole nitrogens is 1. The van der Waals surface area contributed by atoms with E-state index in [-0.39, 0.29) is 5.91 Å². The Morgan fingerprint density at radius 2 is 2.05 bits per heavy atom. The number of aromatic nitrogens is 1. The summed E-state index contributed by atoms with van der Waals surface area (Å²) in [5, 5.41) is 1.14. The quantitative estimate of drug-likeness (QED) is 0.918. The van der Waals surface area contributed by atoms with Crippen LogP contribution >= 0.6 is 0 Å². The predicted molar refractivity (Wildman–Crippen MR) is 85.0 cm³/mol. The van der Waals surface area contributed by atoms with E-state index in [2.05, 4.69) is 9.88 Å². The number of nitrogens with one attached hydrogen (secondary N) is 1. The van der Waals surface area contributed by atoms with Gasteiger partial charge in [-0.1, -0.05) is 6.07 Å². The van der Waals surface area contributed by atoms with Gasteiger partial charge in [-0.25, -0.2) is 0 Å². The van der Waals surface area contributed by atoms with E-state index in [9.17, 15) is 4.79 Å². The van der Waals surface area contributed by atoms with Crippen LogP contribution in [0.3, 0.4) is 0 Å². The van der Waals surface area contributed by atoms with Gasteiger partial charge in [-0.3, -0.25) is 9.69 Å². The van der Waals surface area contributed by atoms with Crippen LogP contribution in [0.25, 0.3) is 10.9 Å². The Balaban J connectivity index is 1.46. The van der Waals surface area contributed by atoms with E-state index in [1.807, 2.05) is 35.4 Å². The number of carbonyl (C=O) groups is 1. The maximum absolute atomic E-state index is 12.7. The molecule has 2 aromatic rings. The van der Waals surface area contributed by atoms with Crippen molar-refractivity contribution in [1.82, 2.24) is 14.8 Å². The summed E-state index contributed by atoms with van der Waals surface area (Å²) in [4.78, 5) is 20.3. The third-order valence-corrected chi connectivity index (χ3v) is 4.81. The lowest BCUT2D eigenvalue weighted by Crippen LogP contribution is -2.45. The summed E-state index contributed by atoms with van der Waals surface area (Å²) >= 11 is 0. The molecular formula is C17H21N3O2. The second-order valence-electron chi connectivity index (χ2n) is 6.12. The molecule has 1 atom stereocenters. The van der Waals surface area contributed by atoms with E-state index in [1.165, 1.54) is 0 Å². The van der Waals surface area contributed by atoms with E-state index in [0.717, 1.165) is 62.3 Å². The molecule has 1 aromatic heterocycles. The molecule has 0 aliphatic carbocycles. The topological polar surface area (TPSA) is 48.6 Å². The molecule has 2 aliphatic heterocycles. The molecule has 0 bridgehead atoms. The molecule has 116 valence electrons. The van der Waals surface area contributed by atoms with Crippen molar-refractivity contribution in [1.29, 1.82) is 0 Å². The number of hydrogen-bond donors (Lipinski definition) is 1. The summed E-state index contributed by atoms with van der Waals surface area (Å²) in [6, 6.07) is 8.41. The van der Waals surface area contributed by atoms with Crippen LogP contribution in [0.1, 0.15) is 16.8 Å². The Morgan fingerprint density at radius 1 is 1.18 bits per heavy atom. The number of rotatable bonds is 2. The second kappa shape index (κ2) is 5.74. The maximum Gasteiger partial charge on any atom is 0.253 e. The Kier molecular flexibility index (Phi) is 3.60. The number of ether oxygens (including phenoxy) is 1. The summed E-state index contributed by atoms with van der Waals surface area (Å²) in [7, 11) is 0. The highest BCUT2D eigenvalue weighted by molar-refractivity contribution is 5.98. The molecular weight excluding hydrogens is 278 g/mol. The molecule has 1 aromatic carbocycles. The number of morpholine rings is 1. The Morgan fingerprint density at radius 3 is 2.91 bits per heavy atom. The molecule has 0 spiro atoms. The zero-order valence-electron chi connectivity index (χ0n) is 12.6. The van der Waals surface area contributed by atoms with Gasteiger partial charge in [0, 0.05) is 49.5 Å². The van der Waals surface area contributed by atoms with Crippen LogP contribution < -0.4 is 0 Å². The number of nitrogens with zero attached hydrogens (tertiary/aromatic N) is 2. The van der Waals surface area contributed by atoms with Crippen molar-refractivity contribution in [2.24, 2.45) is 0 Å². The van der Waals surface area contributed by atoms with Crippen molar-refractivity contribution in [2.45, 2.75) is 12.5 Å². The van der Waals surface area contributed by atoms with Crippen LogP contribution in [0, 0.1) is 0 Å². The molecule has 3 heterocycles. The van der Waals surface area contributed by atoms with Gasteiger partial charge in [-0.2, -0.15) is 0 Å². The number of hydrogen-bond acceptors (Lipinski definition) is 3. The summed E-state index contributed by atoms with van der Waals surface area (Å²) in [6.07, 6.45) is 2.97. The van der Waals surface area contributed by atoms with Gasteiger partial charge >= 0.3 is 0 Å². The van der Waals surface area contributed by atoms with Crippen molar-refractivity contribution in [3.05, 3.63) is 36.0 Å². The van der Waals surface area contributed by atoms with Gasteiger partial charge in [-0.05, 0) is 30.0 Å². The van der Waals surface area contributed by atoms with Gasteiger partial charge in [0.25, 0.3) is 5.91 Å². The first-order chi connectivity index (χ1) is 10.8. The minimum atomic E-state index is 0.146. The maximum atomic E-state index is 12.7. The number of amides is 1. The van der Waals surface area contributed by atoms with E-state index in [4.69, 9.17) is 4.74 Å². The van der Waals surface area contributed by atoms with Crippen molar-refractivity contribution >= 4 is 16.8 Å². The van der Waals surface area contributed by atoms with Crippen LogP contribution in [0.4, 0.5) is 0 Å². The molecule has 22 heavy (non-hydrogen) atoms. The fourth-order valence-electron chi connectivity index (χ4n) is 3.53. The largest absolute Gasteiger partial charge is 0.379 e. The van der Waals surface area contributed by atoms with Crippen molar-refractivity contribution in [3.63, 3.8) is 0 Å². The number of likely N-dealkylation sites (tertiary alicyclic amines) is 1. The van der Waals surface area contributed by atoms with Gasteiger partial charge < -0.3 is 14.6 Å². The van der Waals surface area contributed by atoms with Crippen LogP contribution in [-0.4, -0.2) is 66.1 Å². The first-order valence-electron chi connectivity index (χ1n) is 7.99. The molecule has 0 saturated carbocycles. The average Bonchev–Trinajstić information content (AvgIpc) is 3.23. The Hall–Kier alpha value is -1.85. The van der Waals surface area contributed by atoms with Crippen molar-refractivity contribution in [3.8, 4) is 0 Å². The predicted octanol–water partition coefficient (Wildman–Crippen LogP) is 1.71. The first-order valence-corrected chi connectivity index (χ1v) is 7.99. The first kappa shape index (κ1) is 13.8. The Labute approximate surface area is 129 Å².